The Bertz CT molecular complexity index is 570. The molecule has 6 heteroatoms. The molecule has 0 saturated carbocycles. The molecule has 1 atom stereocenters. The molecule has 0 amide bonds. The van der Waals surface area contributed by atoms with Crippen molar-refractivity contribution in [2.45, 2.75) is 125 Å². The van der Waals surface area contributed by atoms with Crippen molar-refractivity contribution in [3.8, 4) is 0 Å². The van der Waals surface area contributed by atoms with Gasteiger partial charge in [-0.15, -0.1) is 0 Å². The molecule has 2 N–H and O–H groups in total. The standard InChI is InChI=1S/C28H65O3P3/c1-9-17-23-33(13-5,14-6,24-18-10-2)25-21-22-28(32(29,30)31)34(15-7,16-8,26-19-11-3)27-20-12-4/h28H,9-27H2,1-8H3,(H2,29,30,31). The molecule has 0 heterocycles. The van der Waals surface area contributed by atoms with Gasteiger partial charge in [-0.05, 0) is 0 Å². The summed E-state index contributed by atoms with van der Waals surface area (Å²) in [5.74, 6) is 0. The van der Waals surface area contributed by atoms with Gasteiger partial charge in [0.1, 0.15) is 0 Å². The number of rotatable bonds is 22. The van der Waals surface area contributed by atoms with Crippen molar-refractivity contribution in [2.75, 3.05) is 55.5 Å². The van der Waals surface area contributed by atoms with Crippen molar-refractivity contribution in [1.82, 2.24) is 0 Å². The average Bonchev–Trinajstić information content (AvgIpc) is 2.84. The van der Waals surface area contributed by atoms with Gasteiger partial charge in [0.2, 0.25) is 0 Å². The Kier molecular flexibility index (Phi) is 15.9. The summed E-state index contributed by atoms with van der Waals surface area (Å²) in [6.07, 6.45) is 22.3. The van der Waals surface area contributed by atoms with Crippen molar-refractivity contribution in [3.05, 3.63) is 0 Å². The fourth-order valence-electron chi connectivity index (χ4n) is 7.26. The minimum absolute atomic E-state index is 0.375. The maximum absolute atomic E-state index is 13.3. The van der Waals surface area contributed by atoms with Gasteiger partial charge in [-0.1, -0.05) is 0 Å². The summed E-state index contributed by atoms with van der Waals surface area (Å²) in [5, 5.41) is -0.375. The van der Waals surface area contributed by atoms with Gasteiger partial charge in [-0.3, -0.25) is 0 Å². The summed E-state index contributed by atoms with van der Waals surface area (Å²) < 4.78 is 13.3. The Labute approximate surface area is 215 Å². The molecule has 0 aromatic heterocycles. The Balaban J connectivity index is 6.31. The fraction of sp³-hybridized carbons (Fsp3) is 1.00. The van der Waals surface area contributed by atoms with E-state index in [4.69, 9.17) is 0 Å². The molecule has 0 aliphatic carbocycles. The van der Waals surface area contributed by atoms with Crippen LogP contribution in [0.5, 0.6) is 0 Å². The van der Waals surface area contributed by atoms with Crippen LogP contribution in [0.25, 0.3) is 0 Å². The molecule has 3 nitrogen and oxygen atoms in total. The molecular formula is C28H65O3P3. The van der Waals surface area contributed by atoms with Crippen LogP contribution in [-0.2, 0) is 4.57 Å². The normalized spacial score (nSPS) is 16.5. The molecule has 0 bridgehead atoms. The molecule has 1 unspecified atom stereocenters. The minimum atomic E-state index is -4.17. The Morgan fingerprint density at radius 3 is 1.21 bits per heavy atom. The summed E-state index contributed by atoms with van der Waals surface area (Å²) in [6, 6.07) is 0. The summed E-state index contributed by atoms with van der Waals surface area (Å²) in [6.45, 7) is 14.1. The van der Waals surface area contributed by atoms with E-state index in [1.165, 1.54) is 56.5 Å². The molecule has 0 aromatic carbocycles. The summed E-state index contributed by atoms with van der Waals surface area (Å²) >= 11 is 0. The zero-order valence-corrected chi connectivity index (χ0v) is 27.3. The van der Waals surface area contributed by atoms with E-state index in [1.54, 1.807) is 0 Å². The molecule has 0 aliphatic rings. The topological polar surface area (TPSA) is 57.5 Å². The number of hydrogen-bond acceptors (Lipinski definition) is 1. The quantitative estimate of drug-likeness (QED) is 0.134. The van der Waals surface area contributed by atoms with Crippen molar-refractivity contribution in [3.63, 3.8) is 0 Å². The van der Waals surface area contributed by atoms with E-state index in [9.17, 15) is 14.4 Å². The van der Waals surface area contributed by atoms with E-state index in [1.807, 2.05) is 0 Å². The third kappa shape index (κ3) is 8.52. The molecule has 0 rings (SSSR count). The second-order valence-electron chi connectivity index (χ2n) is 11.8. The van der Waals surface area contributed by atoms with Crippen LogP contribution >= 0.6 is 20.8 Å². The van der Waals surface area contributed by atoms with Crippen molar-refractivity contribution < 1.29 is 14.4 Å². The van der Waals surface area contributed by atoms with E-state index in [-0.39, 0.29) is 5.40 Å². The second kappa shape index (κ2) is 15.4. The SMILES string of the molecule is CCCCP(CC)(CC)(CCCC)CCCC(P(=O)(O)O)P(CC)(CC)(CCCC)CCCC. The third-order valence-electron chi connectivity index (χ3n) is 10.5. The van der Waals surface area contributed by atoms with Gasteiger partial charge in [-0.2, -0.15) is 0 Å². The van der Waals surface area contributed by atoms with Crippen LogP contribution in [0.1, 0.15) is 120 Å². The van der Waals surface area contributed by atoms with Gasteiger partial charge in [0, 0.05) is 0 Å². The van der Waals surface area contributed by atoms with Crippen molar-refractivity contribution >= 4 is 20.8 Å². The van der Waals surface area contributed by atoms with Crippen LogP contribution in [0.4, 0.5) is 0 Å². The van der Waals surface area contributed by atoms with Gasteiger partial charge in [0.05, 0.1) is 0 Å². The summed E-state index contributed by atoms with van der Waals surface area (Å²) in [7, 11) is -4.17. The Morgan fingerprint density at radius 2 is 0.912 bits per heavy atom. The Morgan fingerprint density at radius 1 is 0.559 bits per heavy atom. The first-order valence-corrected chi connectivity index (χ1v) is 22.9. The molecule has 0 aromatic rings. The summed E-state index contributed by atoms with van der Waals surface area (Å²) in [4.78, 5) is 21.8. The van der Waals surface area contributed by atoms with E-state index >= 15 is 0 Å². The zero-order valence-electron chi connectivity index (χ0n) is 24.7. The van der Waals surface area contributed by atoms with Crippen LogP contribution < -0.4 is 0 Å². The van der Waals surface area contributed by atoms with E-state index in [0.717, 1.165) is 63.2 Å². The molecule has 210 valence electrons. The van der Waals surface area contributed by atoms with Gasteiger partial charge < -0.3 is 0 Å². The first kappa shape index (κ1) is 35.0. The van der Waals surface area contributed by atoms with Gasteiger partial charge >= 0.3 is 216 Å². The van der Waals surface area contributed by atoms with Gasteiger partial charge in [0.25, 0.3) is 0 Å². The maximum atomic E-state index is 13.3. The predicted molar refractivity (Wildman–Crippen MR) is 165 cm³/mol. The van der Waals surface area contributed by atoms with Crippen molar-refractivity contribution in [1.29, 1.82) is 0 Å². The third-order valence-corrected chi connectivity index (χ3v) is 31.1. The van der Waals surface area contributed by atoms with Crippen molar-refractivity contribution in [2.24, 2.45) is 0 Å². The Hall–Kier alpha value is 1.01. The van der Waals surface area contributed by atoms with Crippen LogP contribution in [0.15, 0.2) is 0 Å². The van der Waals surface area contributed by atoms with Crippen LogP contribution in [0.2, 0.25) is 0 Å². The van der Waals surface area contributed by atoms with Crippen LogP contribution in [0.3, 0.4) is 0 Å². The van der Waals surface area contributed by atoms with E-state index in [0.29, 0.717) is 0 Å². The fourth-order valence-corrected chi connectivity index (χ4v) is 26.0. The first-order chi connectivity index (χ1) is 16.0. The average molecular weight is 543 g/mol. The molecular weight excluding hydrogens is 477 g/mol. The predicted octanol–water partition coefficient (Wildman–Crippen LogP) is 9.66. The molecule has 0 saturated heterocycles. The molecule has 0 radical (unpaired) electrons. The number of hydrogen-bond donors (Lipinski definition) is 2. The first-order valence-electron chi connectivity index (χ1n) is 15.0. The van der Waals surface area contributed by atoms with E-state index in [2.05, 4.69) is 55.4 Å². The second-order valence-corrected chi connectivity index (χ2v) is 28.0. The van der Waals surface area contributed by atoms with Gasteiger partial charge in [-0.25, -0.2) is 0 Å². The van der Waals surface area contributed by atoms with E-state index < -0.39 is 20.8 Å². The molecule has 0 spiro atoms. The molecule has 0 fully saturated rings. The molecule has 0 aliphatic heterocycles. The monoisotopic (exact) mass is 542 g/mol. The van der Waals surface area contributed by atoms with Crippen LogP contribution in [-0.4, -0.2) is 70.6 Å². The zero-order chi connectivity index (χ0) is 26.4. The number of unbranched alkanes of at least 4 members (excludes halogenated alkanes) is 4. The van der Waals surface area contributed by atoms with Gasteiger partial charge in [0.15, 0.2) is 0 Å². The van der Waals surface area contributed by atoms with Crippen LogP contribution in [0, 0.1) is 0 Å². The molecule has 34 heavy (non-hydrogen) atoms. The summed E-state index contributed by atoms with van der Waals surface area (Å²) in [5.41, 5.74) is 0.